The van der Waals surface area contributed by atoms with Crippen LogP contribution in [0.15, 0.2) is 41.6 Å². The fraction of sp³-hybridized carbons (Fsp3) is 0.375. The van der Waals surface area contributed by atoms with Crippen LogP contribution in [0.1, 0.15) is 17.3 Å². The first-order chi connectivity index (χ1) is 12.0. The number of carbonyl (C=O) groups is 1. The molecular weight excluding hydrogens is 344 g/mol. The Morgan fingerprint density at radius 1 is 1.24 bits per heavy atom. The van der Waals surface area contributed by atoms with Crippen molar-refractivity contribution in [3.8, 4) is 0 Å². The van der Waals surface area contributed by atoms with Crippen molar-refractivity contribution in [2.75, 3.05) is 31.6 Å². The van der Waals surface area contributed by atoms with Gasteiger partial charge in [-0.15, -0.1) is 0 Å². The van der Waals surface area contributed by atoms with Crippen LogP contribution in [-0.4, -0.2) is 54.7 Å². The third kappa shape index (κ3) is 3.89. The minimum Gasteiger partial charge on any atom is -0.379 e. The van der Waals surface area contributed by atoms with Gasteiger partial charge in [0.1, 0.15) is 0 Å². The van der Waals surface area contributed by atoms with Crippen LogP contribution in [0, 0.1) is 0 Å². The summed E-state index contributed by atoms with van der Waals surface area (Å²) in [7, 11) is -3.56. The highest BCUT2D eigenvalue weighted by molar-refractivity contribution is 7.89. The monoisotopic (exact) mass is 364 g/mol. The number of benzene rings is 1. The number of anilines is 1. The molecule has 3 rings (SSSR count). The molecule has 0 bridgehead atoms. The predicted molar refractivity (Wildman–Crippen MR) is 91.9 cm³/mol. The van der Waals surface area contributed by atoms with Crippen LogP contribution >= 0.6 is 0 Å². The largest absolute Gasteiger partial charge is 0.379 e. The molecule has 1 N–H and O–H groups in total. The number of hydrogen-bond donors (Lipinski definition) is 1. The molecular formula is C16H20N4O4S. The van der Waals surface area contributed by atoms with E-state index in [1.807, 2.05) is 6.92 Å². The molecule has 0 aliphatic carbocycles. The van der Waals surface area contributed by atoms with Gasteiger partial charge in [-0.25, -0.2) is 8.42 Å². The summed E-state index contributed by atoms with van der Waals surface area (Å²) < 4.78 is 33.4. The average molecular weight is 364 g/mol. The van der Waals surface area contributed by atoms with Crippen LogP contribution in [0.25, 0.3) is 0 Å². The van der Waals surface area contributed by atoms with Crippen molar-refractivity contribution in [1.82, 2.24) is 14.1 Å². The molecule has 9 heteroatoms. The smallest absolute Gasteiger partial charge is 0.255 e. The summed E-state index contributed by atoms with van der Waals surface area (Å²) in [4.78, 5) is 12.4. The van der Waals surface area contributed by atoms with Crippen LogP contribution < -0.4 is 5.32 Å². The lowest BCUT2D eigenvalue weighted by Gasteiger charge is -2.26. The molecule has 1 aromatic heterocycles. The quantitative estimate of drug-likeness (QED) is 0.860. The van der Waals surface area contributed by atoms with E-state index in [2.05, 4.69) is 10.4 Å². The van der Waals surface area contributed by atoms with Crippen LogP contribution in [0.4, 0.5) is 5.69 Å². The molecule has 2 heterocycles. The topological polar surface area (TPSA) is 93.5 Å². The van der Waals surface area contributed by atoms with Crippen molar-refractivity contribution in [3.05, 3.63) is 42.2 Å². The maximum absolute atomic E-state index is 12.6. The molecule has 0 saturated carbocycles. The van der Waals surface area contributed by atoms with Crippen molar-refractivity contribution in [3.63, 3.8) is 0 Å². The summed E-state index contributed by atoms with van der Waals surface area (Å²) in [5, 5.41) is 6.82. The van der Waals surface area contributed by atoms with E-state index in [4.69, 9.17) is 4.74 Å². The van der Waals surface area contributed by atoms with E-state index in [-0.39, 0.29) is 10.8 Å². The second-order valence-electron chi connectivity index (χ2n) is 5.58. The van der Waals surface area contributed by atoms with Gasteiger partial charge in [-0.2, -0.15) is 9.40 Å². The lowest BCUT2D eigenvalue weighted by molar-refractivity contribution is 0.0730. The van der Waals surface area contributed by atoms with Gasteiger partial charge in [0, 0.05) is 31.4 Å². The number of hydrogen-bond acceptors (Lipinski definition) is 5. The van der Waals surface area contributed by atoms with Gasteiger partial charge in [-0.3, -0.25) is 9.48 Å². The first kappa shape index (κ1) is 17.6. The molecule has 1 aliphatic rings. The van der Waals surface area contributed by atoms with E-state index >= 15 is 0 Å². The average Bonchev–Trinajstić information content (AvgIpc) is 3.10. The van der Waals surface area contributed by atoms with Gasteiger partial charge in [0.25, 0.3) is 5.91 Å². The number of ether oxygens (including phenoxy) is 1. The van der Waals surface area contributed by atoms with E-state index in [0.29, 0.717) is 44.1 Å². The maximum Gasteiger partial charge on any atom is 0.255 e. The standard InChI is InChI=1S/C16H20N4O4S/c1-2-19-12-14(11-17-19)18-16(21)13-3-5-15(6-4-13)25(22,23)20-7-9-24-10-8-20/h3-6,11-12H,2,7-10H2,1H3,(H,18,21). The van der Waals surface area contributed by atoms with Gasteiger partial charge < -0.3 is 10.1 Å². The number of sulfonamides is 1. The SMILES string of the molecule is CCn1cc(NC(=O)c2ccc(S(=O)(=O)N3CCOCC3)cc2)cn1. The van der Waals surface area contributed by atoms with E-state index in [1.54, 1.807) is 17.1 Å². The Morgan fingerprint density at radius 2 is 1.92 bits per heavy atom. The number of nitrogens with zero attached hydrogens (tertiary/aromatic N) is 3. The minimum atomic E-state index is -3.56. The normalized spacial score (nSPS) is 15.9. The van der Waals surface area contributed by atoms with Gasteiger partial charge in [-0.05, 0) is 31.2 Å². The van der Waals surface area contributed by atoms with E-state index in [1.165, 1.54) is 28.6 Å². The van der Waals surface area contributed by atoms with Crippen LogP contribution in [0.3, 0.4) is 0 Å². The molecule has 0 atom stereocenters. The molecule has 8 nitrogen and oxygen atoms in total. The molecule has 134 valence electrons. The number of aromatic nitrogens is 2. The third-order valence-corrected chi connectivity index (χ3v) is 5.85. The van der Waals surface area contributed by atoms with Gasteiger partial charge in [0.05, 0.1) is 30.0 Å². The van der Waals surface area contributed by atoms with Crippen LogP contribution in [0.2, 0.25) is 0 Å². The Morgan fingerprint density at radius 3 is 2.52 bits per heavy atom. The summed E-state index contributed by atoms with van der Waals surface area (Å²) in [6, 6.07) is 5.92. The molecule has 1 saturated heterocycles. The minimum absolute atomic E-state index is 0.171. The second kappa shape index (κ2) is 7.34. The van der Waals surface area contributed by atoms with Crippen molar-refractivity contribution < 1.29 is 17.9 Å². The summed E-state index contributed by atoms with van der Waals surface area (Å²) in [5.41, 5.74) is 0.974. The molecule has 1 aromatic carbocycles. The highest BCUT2D eigenvalue weighted by Gasteiger charge is 2.26. The summed E-state index contributed by atoms with van der Waals surface area (Å²) >= 11 is 0. The Kier molecular flexibility index (Phi) is 5.16. The Hall–Kier alpha value is -2.23. The molecule has 0 spiro atoms. The predicted octanol–water partition coefficient (Wildman–Crippen LogP) is 1.18. The number of nitrogens with one attached hydrogen (secondary N) is 1. The Labute approximate surface area is 146 Å². The van der Waals surface area contributed by atoms with Crippen molar-refractivity contribution >= 4 is 21.6 Å². The maximum atomic E-state index is 12.6. The van der Waals surface area contributed by atoms with Crippen LogP contribution in [-0.2, 0) is 21.3 Å². The van der Waals surface area contributed by atoms with Gasteiger partial charge >= 0.3 is 0 Å². The first-order valence-electron chi connectivity index (χ1n) is 8.02. The lowest BCUT2D eigenvalue weighted by Crippen LogP contribution is -2.40. The number of aryl methyl sites for hydroxylation is 1. The van der Waals surface area contributed by atoms with Crippen molar-refractivity contribution in [2.24, 2.45) is 0 Å². The van der Waals surface area contributed by atoms with Gasteiger partial charge in [0.2, 0.25) is 10.0 Å². The number of rotatable bonds is 5. The molecule has 0 unspecified atom stereocenters. The Balaban J connectivity index is 1.71. The molecule has 0 radical (unpaired) electrons. The summed E-state index contributed by atoms with van der Waals surface area (Å²) in [6.45, 7) is 4.13. The van der Waals surface area contributed by atoms with Crippen molar-refractivity contribution in [2.45, 2.75) is 18.4 Å². The highest BCUT2D eigenvalue weighted by Crippen LogP contribution is 2.18. The zero-order valence-electron chi connectivity index (χ0n) is 13.9. The first-order valence-corrected chi connectivity index (χ1v) is 9.46. The van der Waals surface area contributed by atoms with Gasteiger partial charge in [0.15, 0.2) is 0 Å². The third-order valence-electron chi connectivity index (χ3n) is 3.94. The zero-order chi connectivity index (χ0) is 17.9. The fourth-order valence-corrected chi connectivity index (χ4v) is 3.93. The van der Waals surface area contributed by atoms with E-state index in [0.717, 1.165) is 0 Å². The number of amides is 1. The molecule has 2 aromatic rings. The zero-order valence-corrected chi connectivity index (χ0v) is 14.7. The van der Waals surface area contributed by atoms with Crippen molar-refractivity contribution in [1.29, 1.82) is 0 Å². The van der Waals surface area contributed by atoms with E-state index in [9.17, 15) is 13.2 Å². The summed E-state index contributed by atoms with van der Waals surface area (Å²) in [5.74, 6) is -0.314. The van der Waals surface area contributed by atoms with Crippen LogP contribution in [0.5, 0.6) is 0 Å². The van der Waals surface area contributed by atoms with Gasteiger partial charge in [-0.1, -0.05) is 0 Å². The molecule has 1 fully saturated rings. The molecule has 1 amide bonds. The Bertz CT molecular complexity index is 839. The number of carbonyl (C=O) groups excluding carboxylic acids is 1. The molecule has 25 heavy (non-hydrogen) atoms. The number of morpholine rings is 1. The summed E-state index contributed by atoms with van der Waals surface area (Å²) in [6.07, 6.45) is 3.30. The lowest BCUT2D eigenvalue weighted by atomic mass is 10.2. The van der Waals surface area contributed by atoms with E-state index < -0.39 is 10.0 Å². The molecule has 1 aliphatic heterocycles. The second-order valence-corrected chi connectivity index (χ2v) is 7.52. The fourth-order valence-electron chi connectivity index (χ4n) is 2.52. The highest BCUT2D eigenvalue weighted by atomic mass is 32.2.